The Bertz CT molecular complexity index is 922. The molecule has 0 radical (unpaired) electrons. The number of nitrogens with zero attached hydrogens (tertiary/aromatic N) is 4. The molecule has 26 heavy (non-hydrogen) atoms. The van der Waals surface area contributed by atoms with Crippen molar-refractivity contribution in [3.63, 3.8) is 0 Å². The summed E-state index contributed by atoms with van der Waals surface area (Å²) in [5, 5.41) is 13.4. The Morgan fingerprint density at radius 1 is 1.27 bits per heavy atom. The molecule has 6 nitrogen and oxygen atoms in total. The van der Waals surface area contributed by atoms with Gasteiger partial charge in [0.15, 0.2) is 0 Å². The lowest BCUT2D eigenvalue weighted by Crippen LogP contribution is -2.32. The van der Waals surface area contributed by atoms with Crippen LogP contribution in [0.2, 0.25) is 0 Å². The Labute approximate surface area is 150 Å². The Kier molecular flexibility index (Phi) is 4.45. The third-order valence-corrected chi connectivity index (χ3v) is 4.38. The fourth-order valence-corrected chi connectivity index (χ4v) is 2.96. The van der Waals surface area contributed by atoms with Gasteiger partial charge in [0.1, 0.15) is 11.9 Å². The smallest absolute Gasteiger partial charge is 0.134 e. The molecular weight excluding hydrogens is 333 g/mol. The molecule has 1 fully saturated rings. The van der Waals surface area contributed by atoms with Gasteiger partial charge in [0.05, 0.1) is 35.8 Å². The first-order valence-electron chi connectivity index (χ1n) is 8.40. The molecule has 0 unspecified atom stereocenters. The minimum absolute atomic E-state index is 0.110. The van der Waals surface area contributed by atoms with Crippen molar-refractivity contribution in [1.29, 1.82) is 0 Å². The monoisotopic (exact) mass is 351 g/mol. The van der Waals surface area contributed by atoms with Crippen LogP contribution in [0.3, 0.4) is 0 Å². The van der Waals surface area contributed by atoms with Crippen molar-refractivity contribution in [1.82, 2.24) is 24.8 Å². The highest BCUT2D eigenvalue weighted by atomic mass is 19.1. The number of hydrogen-bond donors (Lipinski definition) is 2. The van der Waals surface area contributed by atoms with Gasteiger partial charge < -0.3 is 15.0 Å². The molecule has 1 aromatic carbocycles. The summed E-state index contributed by atoms with van der Waals surface area (Å²) < 4.78 is 15.7. The molecule has 1 aliphatic rings. The van der Waals surface area contributed by atoms with Crippen LogP contribution in [-0.2, 0) is 0 Å². The van der Waals surface area contributed by atoms with Gasteiger partial charge >= 0.3 is 0 Å². The van der Waals surface area contributed by atoms with Crippen molar-refractivity contribution >= 4 is 6.08 Å². The van der Waals surface area contributed by atoms with Gasteiger partial charge in [0.2, 0.25) is 0 Å². The van der Waals surface area contributed by atoms with Gasteiger partial charge in [0.25, 0.3) is 0 Å². The van der Waals surface area contributed by atoms with Crippen LogP contribution in [0.4, 0.5) is 4.39 Å². The molecular formula is C19H18FN5O. The van der Waals surface area contributed by atoms with Gasteiger partial charge in [-0.25, -0.2) is 9.37 Å². The Hall–Kier alpha value is -3.06. The second-order valence-corrected chi connectivity index (χ2v) is 6.14. The normalized spacial score (nSPS) is 19.0. The molecule has 0 saturated carbocycles. The van der Waals surface area contributed by atoms with E-state index in [0.29, 0.717) is 29.9 Å². The lowest BCUT2D eigenvalue weighted by molar-refractivity contribution is 0.334. The van der Waals surface area contributed by atoms with E-state index >= 15 is 0 Å². The van der Waals surface area contributed by atoms with E-state index in [9.17, 15) is 9.50 Å². The highest BCUT2D eigenvalue weighted by Gasteiger charge is 2.17. The molecule has 4 rings (SSSR count). The largest absolute Gasteiger partial charge is 0.507 e. The Morgan fingerprint density at radius 2 is 2.19 bits per heavy atom. The molecule has 7 heteroatoms. The van der Waals surface area contributed by atoms with Gasteiger partial charge in [-0.1, -0.05) is 0 Å². The SMILES string of the molecule is Oc1cc(-n2ccnc2)ccc1-c1cnc(/C=C2/CCNC[C@@H]2F)cn1. The maximum atomic E-state index is 13.9. The molecule has 2 aromatic heterocycles. The van der Waals surface area contributed by atoms with Crippen molar-refractivity contribution in [2.75, 3.05) is 13.1 Å². The number of aromatic nitrogens is 4. The maximum absolute atomic E-state index is 13.9. The van der Waals surface area contributed by atoms with Crippen LogP contribution < -0.4 is 5.32 Å². The van der Waals surface area contributed by atoms with E-state index in [2.05, 4.69) is 20.3 Å². The lowest BCUT2D eigenvalue weighted by atomic mass is 10.0. The molecule has 1 saturated heterocycles. The van der Waals surface area contributed by atoms with Crippen molar-refractivity contribution in [3.05, 3.63) is 60.6 Å². The van der Waals surface area contributed by atoms with Crippen molar-refractivity contribution in [2.45, 2.75) is 12.6 Å². The predicted molar refractivity (Wildman–Crippen MR) is 96.6 cm³/mol. The number of alkyl halides is 1. The van der Waals surface area contributed by atoms with Crippen LogP contribution in [0.15, 0.2) is 54.9 Å². The van der Waals surface area contributed by atoms with Crippen molar-refractivity contribution in [2.24, 2.45) is 0 Å². The summed E-state index contributed by atoms with van der Waals surface area (Å²) in [6, 6.07) is 5.31. The van der Waals surface area contributed by atoms with Crippen LogP contribution in [0, 0.1) is 0 Å². The number of nitrogens with one attached hydrogen (secondary N) is 1. The molecule has 2 N–H and O–H groups in total. The zero-order chi connectivity index (χ0) is 17.9. The number of phenolic OH excluding ortho intramolecular Hbond substituents is 1. The van der Waals surface area contributed by atoms with E-state index in [0.717, 1.165) is 17.8 Å². The summed E-state index contributed by atoms with van der Waals surface area (Å²) in [6.45, 7) is 1.11. The van der Waals surface area contributed by atoms with Gasteiger partial charge in [-0.15, -0.1) is 0 Å². The molecule has 1 aliphatic heterocycles. The van der Waals surface area contributed by atoms with Crippen molar-refractivity contribution in [3.8, 4) is 22.7 Å². The van der Waals surface area contributed by atoms with E-state index in [-0.39, 0.29) is 5.75 Å². The van der Waals surface area contributed by atoms with Gasteiger partial charge in [-0.2, -0.15) is 0 Å². The first-order valence-corrected chi connectivity index (χ1v) is 8.40. The van der Waals surface area contributed by atoms with Crippen LogP contribution in [0.25, 0.3) is 23.0 Å². The van der Waals surface area contributed by atoms with E-state index in [1.807, 2.05) is 6.07 Å². The molecule has 1 atom stereocenters. The minimum Gasteiger partial charge on any atom is -0.507 e. The average molecular weight is 351 g/mol. The van der Waals surface area contributed by atoms with Crippen LogP contribution in [0.1, 0.15) is 12.1 Å². The number of halogens is 1. The average Bonchev–Trinajstić information content (AvgIpc) is 3.19. The molecule has 0 bridgehead atoms. The fourth-order valence-electron chi connectivity index (χ4n) is 2.96. The zero-order valence-corrected chi connectivity index (χ0v) is 14.0. The zero-order valence-electron chi connectivity index (χ0n) is 14.0. The van der Waals surface area contributed by atoms with E-state index in [1.54, 1.807) is 53.9 Å². The maximum Gasteiger partial charge on any atom is 0.134 e. The standard InChI is InChI=1S/C19H18FN5O/c20-17-10-21-4-3-13(17)7-14-9-24-18(11-23-14)16-2-1-15(8-19(16)26)25-6-5-22-12-25/h1-2,5-9,11-12,17,21,26H,3-4,10H2/b13-7-/t17-/m0/s1. The third kappa shape index (κ3) is 3.34. The second-order valence-electron chi connectivity index (χ2n) is 6.14. The van der Waals surface area contributed by atoms with Crippen molar-refractivity contribution < 1.29 is 9.50 Å². The van der Waals surface area contributed by atoms with Gasteiger partial charge in [-0.05, 0) is 36.7 Å². The molecule has 0 amide bonds. The summed E-state index contributed by atoms with van der Waals surface area (Å²) in [4.78, 5) is 12.7. The molecule has 3 heterocycles. The molecule has 0 aliphatic carbocycles. The highest BCUT2D eigenvalue weighted by molar-refractivity contribution is 5.68. The van der Waals surface area contributed by atoms with Crippen LogP contribution >= 0.6 is 0 Å². The van der Waals surface area contributed by atoms with Gasteiger partial charge in [0, 0.05) is 30.6 Å². The molecule has 132 valence electrons. The van der Waals surface area contributed by atoms with E-state index in [1.165, 1.54) is 0 Å². The second kappa shape index (κ2) is 7.05. The highest BCUT2D eigenvalue weighted by Crippen LogP contribution is 2.29. The number of rotatable bonds is 3. The molecule has 3 aromatic rings. The predicted octanol–water partition coefficient (Wildman–Crippen LogP) is 2.75. The first-order chi connectivity index (χ1) is 12.7. The fraction of sp³-hybridized carbons (Fsp3) is 0.211. The topological polar surface area (TPSA) is 75.9 Å². The first kappa shape index (κ1) is 16.4. The summed E-state index contributed by atoms with van der Waals surface area (Å²) >= 11 is 0. The number of hydrogen-bond acceptors (Lipinski definition) is 5. The number of phenols is 1. The summed E-state index contributed by atoms with van der Waals surface area (Å²) in [5.41, 5.74) is 3.30. The van der Waals surface area contributed by atoms with Crippen LogP contribution in [-0.4, -0.2) is 43.9 Å². The Morgan fingerprint density at radius 3 is 2.88 bits per heavy atom. The number of aromatic hydroxyl groups is 1. The summed E-state index contributed by atoms with van der Waals surface area (Å²) in [6.07, 6.45) is 9.77. The van der Waals surface area contributed by atoms with E-state index in [4.69, 9.17) is 0 Å². The quantitative estimate of drug-likeness (QED) is 0.759. The van der Waals surface area contributed by atoms with Crippen LogP contribution in [0.5, 0.6) is 5.75 Å². The minimum atomic E-state index is -0.981. The number of imidazole rings is 1. The Balaban J connectivity index is 1.58. The third-order valence-electron chi connectivity index (χ3n) is 4.38. The lowest BCUT2D eigenvalue weighted by Gasteiger charge is -2.19. The molecule has 0 spiro atoms. The summed E-state index contributed by atoms with van der Waals surface area (Å²) in [7, 11) is 0. The summed E-state index contributed by atoms with van der Waals surface area (Å²) in [5.74, 6) is 0.110. The number of piperidine rings is 1. The van der Waals surface area contributed by atoms with Gasteiger partial charge in [-0.3, -0.25) is 9.97 Å². The van der Waals surface area contributed by atoms with E-state index < -0.39 is 6.17 Å². The number of benzene rings is 1.